The van der Waals surface area contributed by atoms with Gasteiger partial charge in [-0.2, -0.15) is 0 Å². The Kier molecular flexibility index (Phi) is 2.44. The fourth-order valence-corrected chi connectivity index (χ4v) is 0.792. The van der Waals surface area contributed by atoms with Crippen molar-refractivity contribution in [1.29, 1.82) is 0 Å². The van der Waals surface area contributed by atoms with Crippen LogP contribution in [-0.4, -0.2) is 27.3 Å². The first-order valence-corrected chi connectivity index (χ1v) is 3.29. The average Bonchev–Trinajstić information content (AvgIpc) is 2.03. The van der Waals surface area contributed by atoms with E-state index < -0.39 is 12.1 Å². The average molecular weight is 182 g/mol. The summed E-state index contributed by atoms with van der Waals surface area (Å²) in [6.45, 7) is 0. The molecule has 6 nitrogen and oxygen atoms in total. The summed E-state index contributed by atoms with van der Waals surface area (Å²) in [5, 5.41) is 18.9. The number of aromatic nitrogens is 1. The molecule has 0 aromatic carbocycles. The van der Waals surface area contributed by atoms with Crippen molar-refractivity contribution in [3.05, 3.63) is 24.0 Å². The minimum Gasteiger partial charge on any atom is -0.476 e. The zero-order valence-corrected chi connectivity index (χ0v) is 6.39. The summed E-state index contributed by atoms with van der Waals surface area (Å²) < 4.78 is 0. The Morgan fingerprint density at radius 3 is 2.62 bits per heavy atom. The minimum absolute atomic E-state index is 0.0394. The summed E-state index contributed by atoms with van der Waals surface area (Å²) in [6.07, 6.45) is -0.0493. The molecular weight excluding hydrogens is 176 g/mol. The van der Waals surface area contributed by atoms with Crippen LogP contribution in [0.4, 0.5) is 10.5 Å². The van der Waals surface area contributed by atoms with Crippen molar-refractivity contribution in [2.45, 2.75) is 0 Å². The number of pyridine rings is 1. The molecule has 1 aromatic heterocycles. The van der Waals surface area contributed by atoms with E-state index in [1.54, 1.807) is 0 Å². The molecule has 0 spiro atoms. The highest BCUT2D eigenvalue weighted by atomic mass is 16.4. The number of nitrogens with zero attached hydrogens (tertiary/aromatic N) is 1. The minimum atomic E-state index is -1.32. The van der Waals surface area contributed by atoms with Gasteiger partial charge < -0.3 is 10.2 Å². The van der Waals surface area contributed by atoms with E-state index in [-0.39, 0.29) is 11.4 Å². The first-order valence-electron chi connectivity index (χ1n) is 3.29. The van der Waals surface area contributed by atoms with Crippen LogP contribution in [0.15, 0.2) is 18.3 Å². The van der Waals surface area contributed by atoms with Crippen molar-refractivity contribution < 1.29 is 19.8 Å². The van der Waals surface area contributed by atoms with Crippen molar-refractivity contribution in [2.75, 3.05) is 5.32 Å². The topological polar surface area (TPSA) is 99.5 Å². The lowest BCUT2D eigenvalue weighted by Gasteiger charge is -2.02. The number of hydrogen-bond donors (Lipinski definition) is 3. The fraction of sp³-hybridized carbons (Fsp3) is 0. The van der Waals surface area contributed by atoms with E-state index in [0.29, 0.717) is 0 Å². The second kappa shape index (κ2) is 3.53. The molecule has 1 heterocycles. The molecule has 1 amide bonds. The third-order valence-electron chi connectivity index (χ3n) is 1.25. The summed E-state index contributed by atoms with van der Waals surface area (Å²) in [6, 6.07) is 2.77. The van der Waals surface area contributed by atoms with Crippen molar-refractivity contribution in [1.82, 2.24) is 4.98 Å². The third-order valence-corrected chi connectivity index (χ3v) is 1.25. The molecule has 0 unspecified atom stereocenters. The lowest BCUT2D eigenvalue weighted by atomic mass is 10.3. The van der Waals surface area contributed by atoms with Gasteiger partial charge in [0.2, 0.25) is 0 Å². The van der Waals surface area contributed by atoms with Gasteiger partial charge in [-0.15, -0.1) is 0 Å². The van der Waals surface area contributed by atoms with E-state index in [9.17, 15) is 9.59 Å². The number of carboxylic acids is 1. The van der Waals surface area contributed by atoms with Crippen LogP contribution >= 0.6 is 0 Å². The maximum absolute atomic E-state index is 10.5. The Hall–Kier alpha value is -2.11. The highest BCUT2D eigenvalue weighted by Gasteiger charge is 2.11. The van der Waals surface area contributed by atoms with Crippen LogP contribution in [-0.2, 0) is 0 Å². The summed E-state index contributed by atoms with van der Waals surface area (Å²) in [5.74, 6) is -1.27. The molecule has 1 rings (SSSR count). The number of amides is 1. The normalized spacial score (nSPS) is 9.23. The zero-order chi connectivity index (χ0) is 9.84. The van der Waals surface area contributed by atoms with Crippen LogP contribution in [0.5, 0.6) is 0 Å². The lowest BCUT2D eigenvalue weighted by Crippen LogP contribution is -2.12. The van der Waals surface area contributed by atoms with Gasteiger partial charge in [0.1, 0.15) is 0 Å². The van der Waals surface area contributed by atoms with Gasteiger partial charge >= 0.3 is 12.1 Å². The monoisotopic (exact) mass is 182 g/mol. The zero-order valence-electron chi connectivity index (χ0n) is 6.39. The number of aromatic carboxylic acids is 1. The molecule has 0 aliphatic rings. The van der Waals surface area contributed by atoms with Crippen molar-refractivity contribution in [3.63, 3.8) is 0 Å². The van der Waals surface area contributed by atoms with E-state index >= 15 is 0 Å². The van der Waals surface area contributed by atoms with Gasteiger partial charge in [-0.25, -0.2) is 14.6 Å². The molecule has 13 heavy (non-hydrogen) atoms. The molecule has 0 fully saturated rings. The lowest BCUT2D eigenvalue weighted by molar-refractivity contribution is 0.0692. The summed E-state index contributed by atoms with van der Waals surface area (Å²) in [7, 11) is 0. The van der Waals surface area contributed by atoms with Gasteiger partial charge in [0.25, 0.3) is 0 Å². The van der Waals surface area contributed by atoms with Gasteiger partial charge in [0.15, 0.2) is 5.69 Å². The van der Waals surface area contributed by atoms with E-state index in [1.165, 1.54) is 18.3 Å². The predicted molar refractivity (Wildman–Crippen MR) is 42.8 cm³/mol. The van der Waals surface area contributed by atoms with E-state index in [4.69, 9.17) is 10.2 Å². The number of nitrogens with one attached hydrogen (secondary N) is 1. The fourth-order valence-electron chi connectivity index (χ4n) is 0.792. The molecule has 0 aliphatic heterocycles. The van der Waals surface area contributed by atoms with Gasteiger partial charge in [0, 0.05) is 6.20 Å². The third kappa shape index (κ3) is 2.16. The van der Waals surface area contributed by atoms with Crippen LogP contribution in [0.2, 0.25) is 0 Å². The Balaban J connectivity index is 3.04. The Morgan fingerprint density at radius 2 is 2.08 bits per heavy atom. The van der Waals surface area contributed by atoms with Gasteiger partial charge in [-0.1, -0.05) is 0 Å². The number of anilines is 1. The SMILES string of the molecule is O=C(O)Nc1cccnc1C(=O)O. The number of carbonyl (C=O) groups is 2. The van der Waals surface area contributed by atoms with Crippen molar-refractivity contribution in [2.24, 2.45) is 0 Å². The molecule has 0 saturated carbocycles. The maximum atomic E-state index is 10.5. The van der Waals surface area contributed by atoms with Crippen LogP contribution in [0.3, 0.4) is 0 Å². The van der Waals surface area contributed by atoms with Gasteiger partial charge in [-0.3, -0.25) is 5.32 Å². The van der Waals surface area contributed by atoms with Crippen LogP contribution in [0.1, 0.15) is 10.5 Å². The largest absolute Gasteiger partial charge is 0.476 e. The van der Waals surface area contributed by atoms with Crippen molar-refractivity contribution in [3.8, 4) is 0 Å². The Morgan fingerprint density at radius 1 is 1.38 bits per heavy atom. The molecule has 1 aromatic rings. The van der Waals surface area contributed by atoms with E-state index in [1.807, 2.05) is 5.32 Å². The highest BCUT2D eigenvalue weighted by molar-refractivity contribution is 5.96. The second-order valence-electron chi connectivity index (χ2n) is 2.13. The van der Waals surface area contributed by atoms with Gasteiger partial charge in [-0.05, 0) is 12.1 Å². The summed E-state index contributed by atoms with van der Waals surface area (Å²) >= 11 is 0. The molecular formula is C7H6N2O4. The molecule has 0 atom stereocenters. The molecule has 68 valence electrons. The standard InChI is InChI=1S/C7H6N2O4/c10-6(11)5-4(9-7(12)13)2-1-3-8-5/h1-3,9H,(H,10,11)(H,12,13). The molecule has 3 N–H and O–H groups in total. The quantitative estimate of drug-likeness (QED) is 0.630. The summed E-state index contributed by atoms with van der Waals surface area (Å²) in [4.78, 5) is 24.2. The van der Waals surface area contributed by atoms with Crippen LogP contribution < -0.4 is 5.32 Å². The maximum Gasteiger partial charge on any atom is 0.409 e. The molecule has 6 heteroatoms. The van der Waals surface area contributed by atoms with Crippen LogP contribution in [0, 0.1) is 0 Å². The molecule has 0 radical (unpaired) electrons. The first kappa shape index (κ1) is 8.98. The number of hydrogen-bond acceptors (Lipinski definition) is 3. The summed E-state index contributed by atoms with van der Waals surface area (Å²) in [5.41, 5.74) is -0.354. The first-order chi connectivity index (χ1) is 6.11. The molecule has 0 bridgehead atoms. The highest BCUT2D eigenvalue weighted by Crippen LogP contribution is 2.11. The smallest absolute Gasteiger partial charge is 0.409 e. The van der Waals surface area contributed by atoms with Gasteiger partial charge in [0.05, 0.1) is 5.69 Å². The van der Waals surface area contributed by atoms with Crippen molar-refractivity contribution >= 4 is 17.7 Å². The molecule has 0 aliphatic carbocycles. The second-order valence-corrected chi connectivity index (χ2v) is 2.13. The van der Waals surface area contributed by atoms with E-state index in [2.05, 4.69) is 4.98 Å². The van der Waals surface area contributed by atoms with E-state index in [0.717, 1.165) is 0 Å². The Labute approximate surface area is 72.8 Å². The predicted octanol–water partition coefficient (Wildman–Crippen LogP) is 0.870. The molecule has 0 saturated heterocycles. The number of carboxylic acid groups (broad SMARTS) is 2. The number of rotatable bonds is 2. The Bertz CT molecular complexity index is 350. The van der Waals surface area contributed by atoms with Crippen LogP contribution in [0.25, 0.3) is 0 Å².